The van der Waals surface area contributed by atoms with Crippen molar-refractivity contribution in [2.75, 3.05) is 7.11 Å². The Morgan fingerprint density at radius 1 is 1.37 bits per heavy atom. The van der Waals surface area contributed by atoms with Crippen LogP contribution in [0.4, 0.5) is 0 Å². The lowest BCUT2D eigenvalue weighted by atomic mass is 10.2. The smallest absolute Gasteiger partial charge is 0.271 e. The third-order valence-electron chi connectivity index (χ3n) is 2.50. The van der Waals surface area contributed by atoms with Crippen LogP contribution < -0.4 is 15.6 Å². The van der Waals surface area contributed by atoms with E-state index in [0.717, 1.165) is 11.3 Å². The molecule has 0 bridgehead atoms. The van der Waals surface area contributed by atoms with Gasteiger partial charge in [0.25, 0.3) is 11.5 Å². The molecule has 0 atom stereocenters. The van der Waals surface area contributed by atoms with Crippen LogP contribution in [-0.4, -0.2) is 23.2 Å². The molecule has 0 saturated heterocycles. The number of aromatic nitrogens is 2. The highest BCUT2D eigenvalue weighted by Crippen LogP contribution is 2.12. The molecule has 6 nitrogen and oxygen atoms in total. The summed E-state index contributed by atoms with van der Waals surface area (Å²) in [6.07, 6.45) is 0. The lowest BCUT2D eigenvalue weighted by molar-refractivity contribution is 0.0944. The Morgan fingerprint density at radius 2 is 2.21 bits per heavy atom. The van der Waals surface area contributed by atoms with E-state index >= 15 is 0 Å². The Balaban J connectivity index is 2.00. The van der Waals surface area contributed by atoms with Gasteiger partial charge in [0.1, 0.15) is 11.4 Å². The molecule has 0 aliphatic heterocycles. The second-order valence-electron chi connectivity index (χ2n) is 3.84. The van der Waals surface area contributed by atoms with Crippen molar-refractivity contribution in [2.45, 2.75) is 6.54 Å². The van der Waals surface area contributed by atoms with Crippen LogP contribution >= 0.6 is 0 Å². The van der Waals surface area contributed by atoms with Crippen LogP contribution in [0.25, 0.3) is 0 Å². The molecule has 0 unspecified atom stereocenters. The van der Waals surface area contributed by atoms with Crippen molar-refractivity contribution in [3.8, 4) is 5.75 Å². The van der Waals surface area contributed by atoms with E-state index < -0.39 is 0 Å². The Kier molecular flexibility index (Phi) is 3.92. The second kappa shape index (κ2) is 5.81. The van der Waals surface area contributed by atoms with Crippen LogP contribution in [0.3, 0.4) is 0 Å². The number of aromatic amines is 1. The summed E-state index contributed by atoms with van der Waals surface area (Å²) in [7, 11) is 1.59. The van der Waals surface area contributed by atoms with E-state index in [4.69, 9.17) is 4.74 Å². The standard InChI is InChI=1S/C13H13N3O3/c1-19-10-4-2-3-9(7-10)8-14-13(18)11-5-6-12(17)16-15-11/h2-7H,8H2,1H3,(H,14,18)(H,16,17). The first-order chi connectivity index (χ1) is 9.19. The zero-order chi connectivity index (χ0) is 13.7. The maximum Gasteiger partial charge on any atom is 0.271 e. The number of H-pyrrole nitrogens is 1. The van der Waals surface area contributed by atoms with Crippen LogP contribution in [-0.2, 0) is 6.54 Å². The van der Waals surface area contributed by atoms with Crippen LogP contribution in [0.1, 0.15) is 16.1 Å². The van der Waals surface area contributed by atoms with E-state index in [9.17, 15) is 9.59 Å². The molecule has 1 amide bonds. The van der Waals surface area contributed by atoms with E-state index in [-0.39, 0.29) is 17.2 Å². The van der Waals surface area contributed by atoms with Crippen molar-refractivity contribution in [2.24, 2.45) is 0 Å². The molecule has 1 aromatic heterocycles. The summed E-state index contributed by atoms with van der Waals surface area (Å²) in [5.41, 5.74) is 0.740. The first kappa shape index (κ1) is 12.8. The van der Waals surface area contributed by atoms with E-state index in [0.29, 0.717) is 6.54 Å². The first-order valence-corrected chi connectivity index (χ1v) is 5.66. The molecule has 19 heavy (non-hydrogen) atoms. The Labute approximate surface area is 109 Å². The van der Waals surface area contributed by atoms with Crippen molar-refractivity contribution in [3.63, 3.8) is 0 Å². The molecule has 0 fully saturated rings. The van der Waals surface area contributed by atoms with Crippen molar-refractivity contribution in [3.05, 3.63) is 58.0 Å². The highest BCUT2D eigenvalue weighted by Gasteiger charge is 2.06. The van der Waals surface area contributed by atoms with E-state index in [1.54, 1.807) is 7.11 Å². The molecule has 2 aromatic rings. The predicted octanol–water partition coefficient (Wildman–Crippen LogP) is 0.708. The van der Waals surface area contributed by atoms with Gasteiger partial charge in [-0.15, -0.1) is 0 Å². The number of rotatable bonds is 4. The number of amides is 1. The summed E-state index contributed by atoms with van der Waals surface area (Å²) in [5, 5.41) is 8.57. The molecule has 98 valence electrons. The third-order valence-corrected chi connectivity index (χ3v) is 2.50. The number of nitrogens with zero attached hydrogens (tertiary/aromatic N) is 1. The van der Waals surface area contributed by atoms with Gasteiger partial charge in [-0.05, 0) is 23.8 Å². The molecule has 2 N–H and O–H groups in total. The summed E-state index contributed by atoms with van der Waals surface area (Å²) < 4.78 is 5.09. The van der Waals surface area contributed by atoms with Gasteiger partial charge in [0.2, 0.25) is 0 Å². The minimum Gasteiger partial charge on any atom is -0.497 e. The van der Waals surface area contributed by atoms with Crippen LogP contribution in [0.15, 0.2) is 41.2 Å². The Hall–Kier alpha value is -2.63. The monoisotopic (exact) mass is 259 g/mol. The summed E-state index contributed by atoms with van der Waals surface area (Å²) in [6.45, 7) is 0.358. The van der Waals surface area contributed by atoms with Gasteiger partial charge in [0.15, 0.2) is 0 Å². The number of benzene rings is 1. The molecule has 2 rings (SSSR count). The van der Waals surface area contributed by atoms with E-state index in [1.165, 1.54) is 12.1 Å². The maximum absolute atomic E-state index is 11.8. The maximum atomic E-state index is 11.8. The molecule has 6 heteroatoms. The SMILES string of the molecule is COc1cccc(CNC(=O)c2ccc(=O)[nH]n2)c1. The highest BCUT2D eigenvalue weighted by atomic mass is 16.5. The fourth-order valence-electron chi connectivity index (χ4n) is 1.53. The Morgan fingerprint density at radius 3 is 2.89 bits per heavy atom. The average molecular weight is 259 g/mol. The molecule has 0 spiro atoms. The van der Waals surface area contributed by atoms with Crippen LogP contribution in [0.5, 0.6) is 5.75 Å². The third kappa shape index (κ3) is 3.41. The molecular formula is C13H13N3O3. The van der Waals surface area contributed by atoms with Gasteiger partial charge in [-0.25, -0.2) is 5.10 Å². The normalized spacial score (nSPS) is 9.95. The number of hydrogen-bond acceptors (Lipinski definition) is 4. The minimum absolute atomic E-state index is 0.169. The number of carbonyl (C=O) groups is 1. The summed E-state index contributed by atoms with van der Waals surface area (Å²) in [4.78, 5) is 22.6. The van der Waals surface area contributed by atoms with Crippen LogP contribution in [0, 0.1) is 0 Å². The average Bonchev–Trinajstić information content (AvgIpc) is 2.46. The van der Waals surface area contributed by atoms with Crippen molar-refractivity contribution >= 4 is 5.91 Å². The number of ether oxygens (including phenoxy) is 1. The largest absolute Gasteiger partial charge is 0.497 e. The van der Waals surface area contributed by atoms with Gasteiger partial charge in [0.05, 0.1) is 7.11 Å². The van der Waals surface area contributed by atoms with Gasteiger partial charge in [-0.1, -0.05) is 12.1 Å². The van der Waals surface area contributed by atoms with Gasteiger partial charge in [0, 0.05) is 12.6 Å². The zero-order valence-electron chi connectivity index (χ0n) is 10.3. The molecule has 0 radical (unpaired) electrons. The van der Waals surface area contributed by atoms with Crippen molar-refractivity contribution < 1.29 is 9.53 Å². The molecule has 0 aliphatic carbocycles. The lowest BCUT2D eigenvalue weighted by Gasteiger charge is -2.06. The first-order valence-electron chi connectivity index (χ1n) is 5.66. The number of nitrogens with one attached hydrogen (secondary N) is 2. The zero-order valence-corrected chi connectivity index (χ0v) is 10.3. The quantitative estimate of drug-likeness (QED) is 0.847. The van der Waals surface area contributed by atoms with Gasteiger partial charge in [-0.3, -0.25) is 9.59 Å². The Bertz CT molecular complexity index is 617. The number of methoxy groups -OCH3 is 1. The van der Waals surface area contributed by atoms with Crippen molar-refractivity contribution in [1.82, 2.24) is 15.5 Å². The van der Waals surface area contributed by atoms with Gasteiger partial charge in [-0.2, -0.15) is 5.10 Å². The summed E-state index contributed by atoms with van der Waals surface area (Å²) in [6, 6.07) is 10.0. The van der Waals surface area contributed by atoms with E-state index in [1.807, 2.05) is 24.3 Å². The lowest BCUT2D eigenvalue weighted by Crippen LogP contribution is -2.25. The van der Waals surface area contributed by atoms with Gasteiger partial charge >= 0.3 is 0 Å². The van der Waals surface area contributed by atoms with Crippen molar-refractivity contribution in [1.29, 1.82) is 0 Å². The van der Waals surface area contributed by atoms with E-state index in [2.05, 4.69) is 15.5 Å². The second-order valence-corrected chi connectivity index (χ2v) is 3.84. The van der Waals surface area contributed by atoms with Gasteiger partial charge < -0.3 is 10.1 Å². The number of carbonyl (C=O) groups excluding carboxylic acids is 1. The fourth-order valence-corrected chi connectivity index (χ4v) is 1.53. The fraction of sp³-hybridized carbons (Fsp3) is 0.154. The summed E-state index contributed by atoms with van der Waals surface area (Å²) >= 11 is 0. The molecule has 0 saturated carbocycles. The molecule has 1 heterocycles. The summed E-state index contributed by atoms with van der Waals surface area (Å²) in [5.74, 6) is 0.382. The van der Waals surface area contributed by atoms with Crippen LogP contribution in [0.2, 0.25) is 0 Å². The topological polar surface area (TPSA) is 84.1 Å². The molecule has 1 aromatic carbocycles. The minimum atomic E-state index is -0.348. The molecule has 0 aliphatic rings. The highest BCUT2D eigenvalue weighted by molar-refractivity contribution is 5.91. The molecular weight excluding hydrogens is 246 g/mol. The number of hydrogen-bond donors (Lipinski definition) is 2. The predicted molar refractivity (Wildman–Crippen MR) is 69.0 cm³/mol.